The molecule has 2 amide bonds. The van der Waals surface area contributed by atoms with Crippen LogP contribution >= 0.6 is 0 Å². The Kier molecular flexibility index (Phi) is 4.06. The molecule has 70 valence electrons. The van der Waals surface area contributed by atoms with Crippen LogP contribution in [0.2, 0.25) is 0 Å². The second kappa shape index (κ2) is 4.55. The number of rotatable bonds is 3. The molecule has 0 aromatic carbocycles. The predicted octanol–water partition coefficient (Wildman–Crippen LogP) is -0.811. The maximum atomic E-state index is 11.0. The Morgan fingerprint density at radius 2 is 1.92 bits per heavy atom. The number of nitrogens with one attached hydrogen (secondary N) is 1. The maximum absolute atomic E-state index is 11.0. The first kappa shape index (κ1) is 10.7. The monoisotopic (exact) mass is 175 g/mol. The zero-order valence-corrected chi connectivity index (χ0v) is 7.37. The van der Waals surface area contributed by atoms with Gasteiger partial charge in [-0.15, -0.1) is 0 Å². The fourth-order valence-corrected chi connectivity index (χ4v) is 0.501. The van der Waals surface area contributed by atoms with Crippen LogP contribution in [0.25, 0.3) is 0 Å². The fraction of sp³-hybridized carbons (Fsp3) is 0.667. The van der Waals surface area contributed by atoms with Crippen LogP contribution in [0.3, 0.4) is 0 Å². The van der Waals surface area contributed by atoms with Gasteiger partial charge >= 0.3 is 6.09 Å². The molecule has 6 heteroatoms. The fourth-order valence-electron chi connectivity index (χ4n) is 0.501. The summed E-state index contributed by atoms with van der Waals surface area (Å²) in [4.78, 5) is 22.2. The third-order valence-electron chi connectivity index (χ3n) is 1.41. The van der Waals surface area contributed by atoms with Gasteiger partial charge in [-0.3, -0.25) is 9.80 Å². The van der Waals surface area contributed by atoms with Crippen LogP contribution in [0.15, 0.2) is 0 Å². The van der Waals surface area contributed by atoms with Crippen LogP contribution in [0.5, 0.6) is 0 Å². The Morgan fingerprint density at radius 1 is 1.42 bits per heavy atom. The number of carbonyl (C=O) groups is 2. The van der Waals surface area contributed by atoms with Crippen molar-refractivity contribution >= 4 is 12.0 Å². The molecule has 12 heavy (non-hydrogen) atoms. The van der Waals surface area contributed by atoms with E-state index in [1.54, 1.807) is 7.05 Å². The van der Waals surface area contributed by atoms with E-state index in [4.69, 9.17) is 5.11 Å². The largest absolute Gasteiger partial charge is 0.465 e. The van der Waals surface area contributed by atoms with E-state index >= 15 is 0 Å². The van der Waals surface area contributed by atoms with Crippen molar-refractivity contribution in [1.29, 1.82) is 0 Å². The minimum atomic E-state index is -1.12. The van der Waals surface area contributed by atoms with Crippen LogP contribution in [0.4, 0.5) is 4.79 Å². The Hall–Kier alpha value is -1.30. The minimum absolute atomic E-state index is 0.146. The van der Waals surface area contributed by atoms with E-state index in [1.165, 1.54) is 19.1 Å². The molecule has 0 saturated carbocycles. The van der Waals surface area contributed by atoms with E-state index in [9.17, 15) is 9.59 Å². The van der Waals surface area contributed by atoms with Gasteiger partial charge in [-0.25, -0.2) is 10.2 Å². The molecule has 2 N–H and O–H groups in total. The summed E-state index contributed by atoms with van der Waals surface area (Å²) in [5.74, 6) is -0.303. The lowest BCUT2D eigenvalue weighted by molar-refractivity contribution is -0.132. The number of nitrogens with zero attached hydrogens (tertiary/aromatic N) is 2. The van der Waals surface area contributed by atoms with Crippen molar-refractivity contribution in [2.45, 2.75) is 0 Å². The normalized spacial score (nSPS) is 9.25. The molecular weight excluding hydrogens is 162 g/mol. The molecule has 0 fully saturated rings. The van der Waals surface area contributed by atoms with Gasteiger partial charge in [0.1, 0.15) is 6.54 Å². The summed E-state index contributed by atoms with van der Waals surface area (Å²) in [5, 5.41) is 9.64. The highest BCUT2D eigenvalue weighted by atomic mass is 16.4. The smallest absolute Gasteiger partial charge is 0.407 e. The summed E-state index contributed by atoms with van der Waals surface area (Å²) in [6.07, 6.45) is -1.12. The highest BCUT2D eigenvalue weighted by molar-refractivity contribution is 5.81. The SMILES string of the molecule is CNN(C)C(=O)CN(C)C(=O)O. The molecular formula is C6H13N3O3. The molecule has 0 saturated heterocycles. The zero-order chi connectivity index (χ0) is 9.72. The number of carbonyl (C=O) groups excluding carboxylic acids is 1. The average molecular weight is 175 g/mol. The van der Waals surface area contributed by atoms with Crippen LogP contribution in [-0.2, 0) is 4.79 Å². The van der Waals surface area contributed by atoms with Crippen LogP contribution in [0.1, 0.15) is 0 Å². The Morgan fingerprint density at radius 3 is 2.25 bits per heavy atom. The lowest BCUT2D eigenvalue weighted by atomic mass is 10.5. The quantitative estimate of drug-likeness (QED) is 0.550. The molecule has 0 aliphatic rings. The summed E-state index contributed by atoms with van der Waals surface area (Å²) in [5.41, 5.74) is 2.57. The summed E-state index contributed by atoms with van der Waals surface area (Å²) in [7, 11) is 4.44. The molecule has 0 aromatic rings. The van der Waals surface area contributed by atoms with Crippen molar-refractivity contribution in [2.24, 2.45) is 0 Å². The minimum Gasteiger partial charge on any atom is -0.465 e. The standard InChI is InChI=1S/C6H13N3O3/c1-7-9(3)5(10)4-8(2)6(11)12/h7H,4H2,1-3H3,(H,11,12). The lowest BCUT2D eigenvalue weighted by Gasteiger charge is -2.18. The van der Waals surface area contributed by atoms with Gasteiger partial charge in [0, 0.05) is 21.1 Å². The summed E-state index contributed by atoms with van der Waals surface area (Å²) in [6, 6.07) is 0. The highest BCUT2D eigenvalue weighted by Gasteiger charge is 2.13. The van der Waals surface area contributed by atoms with Crippen molar-refractivity contribution in [1.82, 2.24) is 15.3 Å². The molecule has 0 atom stereocenters. The van der Waals surface area contributed by atoms with E-state index in [-0.39, 0.29) is 12.5 Å². The predicted molar refractivity (Wildman–Crippen MR) is 42.5 cm³/mol. The third-order valence-corrected chi connectivity index (χ3v) is 1.41. The average Bonchev–Trinajstić information content (AvgIpc) is 2.02. The van der Waals surface area contributed by atoms with Gasteiger partial charge in [-0.2, -0.15) is 0 Å². The molecule has 0 unspecified atom stereocenters. The second-order valence-electron chi connectivity index (χ2n) is 2.31. The van der Waals surface area contributed by atoms with Crippen LogP contribution in [-0.4, -0.2) is 54.7 Å². The molecule has 0 spiro atoms. The van der Waals surface area contributed by atoms with Crippen molar-refractivity contribution in [2.75, 3.05) is 27.7 Å². The molecule has 0 bridgehead atoms. The van der Waals surface area contributed by atoms with E-state index in [0.717, 1.165) is 4.90 Å². The number of hydrogen-bond donors (Lipinski definition) is 2. The first-order valence-electron chi connectivity index (χ1n) is 3.37. The van der Waals surface area contributed by atoms with Crippen molar-refractivity contribution in [3.05, 3.63) is 0 Å². The molecule has 0 aliphatic carbocycles. The lowest BCUT2D eigenvalue weighted by Crippen LogP contribution is -2.43. The van der Waals surface area contributed by atoms with E-state index in [0.29, 0.717) is 0 Å². The third kappa shape index (κ3) is 3.20. The van der Waals surface area contributed by atoms with Gasteiger partial charge in [0.25, 0.3) is 5.91 Å². The molecule has 0 radical (unpaired) electrons. The Labute approximate surface area is 70.7 Å². The van der Waals surface area contributed by atoms with Gasteiger partial charge in [0.15, 0.2) is 0 Å². The Bertz CT molecular complexity index is 183. The van der Waals surface area contributed by atoms with E-state index < -0.39 is 6.09 Å². The number of carboxylic acid groups (broad SMARTS) is 1. The van der Waals surface area contributed by atoms with Crippen LogP contribution < -0.4 is 5.43 Å². The van der Waals surface area contributed by atoms with Gasteiger partial charge in [-0.05, 0) is 0 Å². The van der Waals surface area contributed by atoms with Gasteiger partial charge in [0.2, 0.25) is 0 Å². The molecule has 0 aliphatic heterocycles. The van der Waals surface area contributed by atoms with Crippen molar-refractivity contribution in [3.63, 3.8) is 0 Å². The van der Waals surface area contributed by atoms with Crippen molar-refractivity contribution < 1.29 is 14.7 Å². The number of likely N-dealkylation sites (N-methyl/N-ethyl adjacent to an activating group) is 2. The summed E-state index contributed by atoms with van der Waals surface area (Å²) in [6.45, 7) is -0.146. The topological polar surface area (TPSA) is 72.9 Å². The zero-order valence-electron chi connectivity index (χ0n) is 7.37. The first-order chi connectivity index (χ1) is 5.49. The summed E-state index contributed by atoms with van der Waals surface area (Å²) < 4.78 is 0. The Balaban J connectivity index is 3.92. The molecule has 0 heterocycles. The van der Waals surface area contributed by atoms with Gasteiger partial charge < -0.3 is 10.0 Å². The van der Waals surface area contributed by atoms with Crippen LogP contribution in [0, 0.1) is 0 Å². The maximum Gasteiger partial charge on any atom is 0.407 e. The second-order valence-corrected chi connectivity index (χ2v) is 2.31. The molecule has 6 nitrogen and oxygen atoms in total. The number of amides is 2. The van der Waals surface area contributed by atoms with Gasteiger partial charge in [-0.1, -0.05) is 0 Å². The molecule has 0 aromatic heterocycles. The molecule has 0 rings (SSSR count). The highest BCUT2D eigenvalue weighted by Crippen LogP contribution is 1.86. The van der Waals surface area contributed by atoms with E-state index in [1.807, 2.05) is 0 Å². The van der Waals surface area contributed by atoms with Gasteiger partial charge in [0.05, 0.1) is 0 Å². The first-order valence-corrected chi connectivity index (χ1v) is 3.37. The summed E-state index contributed by atoms with van der Waals surface area (Å²) >= 11 is 0. The van der Waals surface area contributed by atoms with E-state index in [2.05, 4.69) is 5.43 Å². The number of hydrogen-bond acceptors (Lipinski definition) is 3. The number of hydrazine groups is 1. The van der Waals surface area contributed by atoms with Crippen molar-refractivity contribution in [3.8, 4) is 0 Å².